The summed E-state index contributed by atoms with van der Waals surface area (Å²) in [4.78, 5) is 2.76. The van der Waals surface area contributed by atoms with Gasteiger partial charge >= 0.3 is 0 Å². The van der Waals surface area contributed by atoms with Crippen molar-refractivity contribution in [1.82, 2.24) is 5.32 Å². The molecule has 0 aromatic heterocycles. The zero-order chi connectivity index (χ0) is 12.4. The average molecular weight is 261 g/mol. The van der Waals surface area contributed by atoms with Gasteiger partial charge in [0, 0.05) is 17.2 Å². The quantitative estimate of drug-likeness (QED) is 0.801. The van der Waals surface area contributed by atoms with Crippen molar-refractivity contribution in [2.75, 3.05) is 17.9 Å². The fourth-order valence-electron chi connectivity index (χ4n) is 2.89. The van der Waals surface area contributed by atoms with Gasteiger partial charge in [-0.05, 0) is 48.9 Å². The summed E-state index contributed by atoms with van der Waals surface area (Å²) in [6.45, 7) is 2.24. The van der Waals surface area contributed by atoms with E-state index in [2.05, 4.69) is 46.6 Å². The van der Waals surface area contributed by atoms with Gasteiger partial charge in [-0.2, -0.15) is 0 Å². The third-order valence-corrected chi connectivity index (χ3v) is 4.04. The largest absolute Gasteiger partial charge is 0.317 e. The first-order valence-electron chi connectivity index (χ1n) is 6.49. The molecular formula is C15H17ClN2. The Morgan fingerprint density at radius 1 is 1.00 bits per heavy atom. The summed E-state index contributed by atoms with van der Waals surface area (Å²) in [5.74, 6) is 0.667. The van der Waals surface area contributed by atoms with Gasteiger partial charge in [-0.1, -0.05) is 30.3 Å². The van der Waals surface area contributed by atoms with Gasteiger partial charge in [-0.3, -0.25) is 4.84 Å². The van der Waals surface area contributed by atoms with Crippen molar-refractivity contribution in [3.8, 4) is 0 Å². The molecule has 0 bridgehead atoms. The molecule has 2 aromatic carbocycles. The van der Waals surface area contributed by atoms with Crippen molar-refractivity contribution >= 4 is 28.2 Å². The van der Waals surface area contributed by atoms with Gasteiger partial charge in [0.2, 0.25) is 0 Å². The minimum absolute atomic E-state index is 0.667. The van der Waals surface area contributed by atoms with Crippen molar-refractivity contribution in [2.24, 2.45) is 0 Å². The first-order valence-corrected chi connectivity index (χ1v) is 6.87. The van der Waals surface area contributed by atoms with Crippen LogP contribution in [0.15, 0.2) is 36.4 Å². The van der Waals surface area contributed by atoms with Crippen molar-refractivity contribution in [3.05, 3.63) is 42.0 Å². The van der Waals surface area contributed by atoms with E-state index < -0.39 is 0 Å². The summed E-state index contributed by atoms with van der Waals surface area (Å²) in [5, 5.41) is 5.96. The van der Waals surface area contributed by atoms with E-state index in [9.17, 15) is 0 Å². The molecule has 0 radical (unpaired) electrons. The molecule has 94 valence electrons. The second kappa shape index (κ2) is 5.17. The Morgan fingerprint density at radius 2 is 1.72 bits per heavy atom. The third-order valence-electron chi connectivity index (χ3n) is 3.84. The van der Waals surface area contributed by atoms with Crippen LogP contribution in [0.5, 0.6) is 0 Å². The van der Waals surface area contributed by atoms with E-state index in [4.69, 9.17) is 11.8 Å². The number of benzene rings is 2. The zero-order valence-corrected chi connectivity index (χ0v) is 11.0. The highest BCUT2D eigenvalue weighted by Crippen LogP contribution is 2.34. The normalized spacial score (nSPS) is 16.9. The van der Waals surface area contributed by atoms with Crippen molar-refractivity contribution < 1.29 is 0 Å². The predicted octanol–water partition coefficient (Wildman–Crippen LogP) is 3.87. The van der Waals surface area contributed by atoms with Crippen LogP contribution in [-0.2, 0) is 0 Å². The molecule has 0 unspecified atom stereocenters. The molecule has 0 aliphatic carbocycles. The maximum absolute atomic E-state index is 5.78. The van der Waals surface area contributed by atoms with Crippen LogP contribution in [0, 0.1) is 0 Å². The molecule has 2 aromatic rings. The van der Waals surface area contributed by atoms with Gasteiger partial charge in [0.1, 0.15) is 0 Å². The molecule has 2 N–H and O–H groups in total. The summed E-state index contributed by atoms with van der Waals surface area (Å²) in [6, 6.07) is 12.8. The number of fused-ring (bicyclic) bond motifs is 1. The summed E-state index contributed by atoms with van der Waals surface area (Å²) >= 11 is 5.78. The molecule has 0 amide bonds. The topological polar surface area (TPSA) is 24.1 Å². The van der Waals surface area contributed by atoms with Crippen molar-refractivity contribution in [3.63, 3.8) is 0 Å². The Labute approximate surface area is 112 Å². The van der Waals surface area contributed by atoms with Crippen LogP contribution in [0.3, 0.4) is 0 Å². The molecule has 1 aliphatic rings. The minimum Gasteiger partial charge on any atom is -0.317 e. The Kier molecular flexibility index (Phi) is 3.39. The molecule has 18 heavy (non-hydrogen) atoms. The first-order chi connectivity index (χ1) is 8.90. The highest BCUT2D eigenvalue weighted by atomic mass is 35.5. The number of nitrogens with one attached hydrogen (secondary N) is 2. The van der Waals surface area contributed by atoms with Gasteiger partial charge in [-0.25, -0.2) is 0 Å². The lowest BCUT2D eigenvalue weighted by atomic mass is 9.86. The highest BCUT2D eigenvalue weighted by Gasteiger charge is 2.17. The van der Waals surface area contributed by atoms with E-state index in [0.717, 1.165) is 18.8 Å². The first kappa shape index (κ1) is 11.8. The molecule has 1 fully saturated rings. The molecule has 1 saturated heterocycles. The SMILES string of the molecule is ClNc1ccc(C2CCNCC2)c2ccccc12. The second-order valence-electron chi connectivity index (χ2n) is 4.87. The Hall–Kier alpha value is -1.25. The molecule has 1 heterocycles. The summed E-state index contributed by atoms with van der Waals surface area (Å²) in [7, 11) is 0. The van der Waals surface area contributed by atoms with E-state index in [1.165, 1.54) is 29.2 Å². The lowest BCUT2D eigenvalue weighted by Gasteiger charge is -2.24. The standard InChI is InChI=1S/C15H17ClN2/c16-18-15-6-5-12(11-7-9-17-10-8-11)13-3-1-2-4-14(13)15/h1-6,11,17-18H,7-10H2. The van der Waals surface area contributed by atoms with Gasteiger partial charge in [0.25, 0.3) is 0 Å². The molecular weight excluding hydrogens is 244 g/mol. The fraction of sp³-hybridized carbons (Fsp3) is 0.333. The van der Waals surface area contributed by atoms with Gasteiger partial charge in [0.05, 0.1) is 5.69 Å². The van der Waals surface area contributed by atoms with Crippen LogP contribution in [0.4, 0.5) is 5.69 Å². The van der Waals surface area contributed by atoms with E-state index in [-0.39, 0.29) is 0 Å². The molecule has 0 saturated carbocycles. The number of rotatable bonds is 2. The van der Waals surface area contributed by atoms with Gasteiger partial charge in [0.15, 0.2) is 0 Å². The van der Waals surface area contributed by atoms with Gasteiger partial charge in [-0.15, -0.1) is 0 Å². The van der Waals surface area contributed by atoms with E-state index in [0.29, 0.717) is 5.92 Å². The fourth-order valence-corrected chi connectivity index (χ4v) is 3.06. The molecule has 1 aliphatic heterocycles. The maximum atomic E-state index is 5.78. The molecule has 3 rings (SSSR count). The Morgan fingerprint density at radius 3 is 2.44 bits per heavy atom. The summed E-state index contributed by atoms with van der Waals surface area (Å²) in [6.07, 6.45) is 2.44. The minimum atomic E-state index is 0.667. The molecule has 0 spiro atoms. The molecule has 2 nitrogen and oxygen atoms in total. The average Bonchev–Trinajstić information content (AvgIpc) is 2.47. The number of hydrogen-bond acceptors (Lipinski definition) is 2. The Balaban J connectivity index is 2.12. The number of anilines is 1. The number of halogens is 1. The molecule has 0 atom stereocenters. The Bertz CT molecular complexity index is 547. The van der Waals surface area contributed by atoms with Gasteiger partial charge < -0.3 is 5.32 Å². The van der Waals surface area contributed by atoms with E-state index >= 15 is 0 Å². The lowest BCUT2D eigenvalue weighted by Crippen LogP contribution is -2.26. The van der Waals surface area contributed by atoms with E-state index in [1.807, 2.05) is 0 Å². The highest BCUT2D eigenvalue weighted by molar-refractivity contribution is 6.26. The third kappa shape index (κ3) is 2.06. The zero-order valence-electron chi connectivity index (χ0n) is 10.2. The summed E-state index contributed by atoms with van der Waals surface area (Å²) in [5.41, 5.74) is 2.45. The number of hydrogen-bond donors (Lipinski definition) is 2. The van der Waals surface area contributed by atoms with Crippen LogP contribution in [0.25, 0.3) is 10.8 Å². The van der Waals surface area contributed by atoms with Crippen LogP contribution in [0.2, 0.25) is 0 Å². The predicted molar refractivity (Wildman–Crippen MR) is 78.3 cm³/mol. The summed E-state index contributed by atoms with van der Waals surface area (Å²) < 4.78 is 0. The molecule has 3 heteroatoms. The monoisotopic (exact) mass is 260 g/mol. The van der Waals surface area contributed by atoms with Crippen LogP contribution < -0.4 is 10.2 Å². The maximum Gasteiger partial charge on any atom is 0.0570 e. The smallest absolute Gasteiger partial charge is 0.0570 e. The lowest BCUT2D eigenvalue weighted by molar-refractivity contribution is 0.462. The van der Waals surface area contributed by atoms with Crippen LogP contribution >= 0.6 is 11.8 Å². The van der Waals surface area contributed by atoms with Crippen LogP contribution in [0.1, 0.15) is 24.3 Å². The van der Waals surface area contributed by atoms with E-state index in [1.54, 1.807) is 0 Å². The van der Waals surface area contributed by atoms with Crippen molar-refractivity contribution in [1.29, 1.82) is 0 Å². The second-order valence-corrected chi connectivity index (χ2v) is 5.06. The number of piperidine rings is 1. The van der Waals surface area contributed by atoms with Crippen LogP contribution in [-0.4, -0.2) is 13.1 Å². The van der Waals surface area contributed by atoms with Crippen molar-refractivity contribution in [2.45, 2.75) is 18.8 Å².